The van der Waals surface area contributed by atoms with Crippen LogP contribution in [0.2, 0.25) is 0 Å². The number of benzene rings is 1. The first-order chi connectivity index (χ1) is 8.06. The van der Waals surface area contributed by atoms with Gasteiger partial charge in [-0.2, -0.15) is 0 Å². The molecule has 0 aliphatic rings. The first-order valence-electron chi connectivity index (χ1n) is 4.98. The summed E-state index contributed by atoms with van der Waals surface area (Å²) in [5, 5.41) is 0.743. The molecule has 1 aromatic carbocycles. The topological polar surface area (TPSA) is 65.2 Å². The average Bonchev–Trinajstić information content (AvgIpc) is 2.33. The summed E-state index contributed by atoms with van der Waals surface area (Å²) in [6, 6.07) is 3.83. The predicted molar refractivity (Wildman–Crippen MR) is 69.9 cm³/mol. The molecular formula is C12H11BrN2O2. The molecule has 2 N–H and O–H groups in total. The Bertz CT molecular complexity index is 611. The smallest absolute Gasteiger partial charge is 0.341 e. The standard InChI is InChI=1S/C12H11BrN2O2/c1-6-3-4-8(13)9-10(14)7(12(16)17-2)5-15-11(6)9/h3-5H,1-2H3,(H2,14,15). The highest BCUT2D eigenvalue weighted by Gasteiger charge is 2.16. The Morgan fingerprint density at radius 2 is 2.18 bits per heavy atom. The molecule has 88 valence electrons. The zero-order valence-corrected chi connectivity index (χ0v) is 11.0. The lowest BCUT2D eigenvalue weighted by Gasteiger charge is -2.09. The molecule has 0 bridgehead atoms. The van der Waals surface area contributed by atoms with Crippen molar-refractivity contribution in [3.63, 3.8) is 0 Å². The monoisotopic (exact) mass is 294 g/mol. The highest BCUT2D eigenvalue weighted by molar-refractivity contribution is 9.10. The first-order valence-corrected chi connectivity index (χ1v) is 5.77. The van der Waals surface area contributed by atoms with E-state index in [4.69, 9.17) is 5.73 Å². The average molecular weight is 295 g/mol. The largest absolute Gasteiger partial charge is 0.465 e. The second-order valence-electron chi connectivity index (χ2n) is 3.67. The molecule has 2 rings (SSSR count). The number of carbonyl (C=O) groups is 1. The predicted octanol–water partition coefficient (Wildman–Crippen LogP) is 2.67. The van der Waals surface area contributed by atoms with E-state index in [1.807, 2.05) is 19.1 Å². The Labute approximate surface area is 107 Å². The number of aromatic nitrogens is 1. The number of nitrogens with two attached hydrogens (primary N) is 1. The summed E-state index contributed by atoms with van der Waals surface area (Å²) >= 11 is 3.41. The third kappa shape index (κ3) is 1.86. The lowest BCUT2D eigenvalue weighted by atomic mass is 10.1. The molecule has 0 aliphatic heterocycles. The molecule has 1 heterocycles. The van der Waals surface area contributed by atoms with Crippen LogP contribution in [-0.2, 0) is 4.74 Å². The molecule has 0 aliphatic carbocycles. The Kier molecular flexibility index (Phi) is 3.02. The summed E-state index contributed by atoms with van der Waals surface area (Å²) in [4.78, 5) is 15.8. The Morgan fingerprint density at radius 3 is 2.82 bits per heavy atom. The molecule has 0 fully saturated rings. The first kappa shape index (κ1) is 11.9. The van der Waals surface area contributed by atoms with Gasteiger partial charge in [-0.05, 0) is 18.6 Å². The van der Waals surface area contributed by atoms with Crippen LogP contribution >= 0.6 is 15.9 Å². The number of methoxy groups -OCH3 is 1. The quantitative estimate of drug-likeness (QED) is 0.821. The Hall–Kier alpha value is -1.62. The molecule has 0 spiro atoms. The molecule has 0 atom stereocenters. The number of pyridine rings is 1. The zero-order valence-electron chi connectivity index (χ0n) is 9.45. The number of ether oxygens (including phenoxy) is 1. The number of hydrogen-bond acceptors (Lipinski definition) is 4. The molecule has 5 heteroatoms. The van der Waals surface area contributed by atoms with Gasteiger partial charge in [0.15, 0.2) is 0 Å². The van der Waals surface area contributed by atoms with Crippen LogP contribution in [0.4, 0.5) is 5.69 Å². The lowest BCUT2D eigenvalue weighted by molar-refractivity contribution is 0.0601. The molecule has 0 radical (unpaired) electrons. The van der Waals surface area contributed by atoms with Crippen molar-refractivity contribution in [2.75, 3.05) is 12.8 Å². The number of hydrogen-bond donors (Lipinski definition) is 1. The molecule has 17 heavy (non-hydrogen) atoms. The second kappa shape index (κ2) is 4.33. The summed E-state index contributed by atoms with van der Waals surface area (Å²) in [6.45, 7) is 1.94. The van der Waals surface area contributed by atoms with Crippen molar-refractivity contribution in [1.82, 2.24) is 4.98 Å². The van der Waals surface area contributed by atoms with Gasteiger partial charge in [-0.15, -0.1) is 0 Å². The minimum atomic E-state index is -0.481. The number of carbonyl (C=O) groups excluding carboxylic acids is 1. The zero-order chi connectivity index (χ0) is 12.6. The van der Waals surface area contributed by atoms with Crippen molar-refractivity contribution in [3.05, 3.63) is 33.9 Å². The number of anilines is 1. The molecule has 4 nitrogen and oxygen atoms in total. The van der Waals surface area contributed by atoms with E-state index in [-0.39, 0.29) is 5.56 Å². The SMILES string of the molecule is COC(=O)c1cnc2c(C)ccc(Br)c2c1N. The van der Waals surface area contributed by atoms with Crippen molar-refractivity contribution >= 4 is 38.5 Å². The van der Waals surface area contributed by atoms with Gasteiger partial charge in [-0.3, -0.25) is 4.98 Å². The maximum absolute atomic E-state index is 11.5. The van der Waals surface area contributed by atoms with E-state index in [9.17, 15) is 4.79 Å². The summed E-state index contributed by atoms with van der Waals surface area (Å²) in [7, 11) is 1.32. The van der Waals surface area contributed by atoms with E-state index in [0.29, 0.717) is 5.69 Å². The van der Waals surface area contributed by atoms with E-state index in [1.54, 1.807) is 0 Å². The van der Waals surface area contributed by atoms with E-state index in [1.165, 1.54) is 13.3 Å². The van der Waals surface area contributed by atoms with Gasteiger partial charge in [0.1, 0.15) is 5.56 Å². The van der Waals surface area contributed by atoms with Crippen molar-refractivity contribution < 1.29 is 9.53 Å². The van der Waals surface area contributed by atoms with E-state index in [2.05, 4.69) is 25.7 Å². The molecule has 0 amide bonds. The van der Waals surface area contributed by atoms with Crippen molar-refractivity contribution in [2.45, 2.75) is 6.92 Å². The number of nitrogen functional groups attached to an aromatic ring is 1. The Morgan fingerprint density at radius 1 is 1.47 bits per heavy atom. The highest BCUT2D eigenvalue weighted by Crippen LogP contribution is 2.32. The van der Waals surface area contributed by atoms with Gasteiger partial charge in [0.05, 0.1) is 18.3 Å². The minimum Gasteiger partial charge on any atom is -0.465 e. The maximum atomic E-state index is 11.5. The summed E-state index contributed by atoms with van der Waals surface area (Å²) in [6.07, 6.45) is 1.45. The molecular weight excluding hydrogens is 284 g/mol. The fourth-order valence-electron chi connectivity index (χ4n) is 1.70. The molecule has 2 aromatic rings. The highest BCUT2D eigenvalue weighted by atomic mass is 79.9. The Balaban J connectivity index is 2.84. The number of aryl methyl sites for hydroxylation is 1. The maximum Gasteiger partial charge on any atom is 0.341 e. The number of rotatable bonds is 1. The summed E-state index contributed by atoms with van der Waals surface area (Å²) < 4.78 is 5.48. The van der Waals surface area contributed by atoms with E-state index >= 15 is 0 Å². The third-order valence-electron chi connectivity index (χ3n) is 2.62. The molecule has 0 saturated carbocycles. The molecule has 0 unspecified atom stereocenters. The van der Waals surface area contributed by atoms with Gasteiger partial charge < -0.3 is 10.5 Å². The van der Waals surface area contributed by atoms with Gasteiger partial charge in [0, 0.05) is 16.1 Å². The molecule has 1 aromatic heterocycles. The normalized spacial score (nSPS) is 10.5. The van der Waals surface area contributed by atoms with E-state index in [0.717, 1.165) is 20.9 Å². The van der Waals surface area contributed by atoms with Crippen LogP contribution in [-0.4, -0.2) is 18.1 Å². The number of nitrogens with zero attached hydrogens (tertiary/aromatic N) is 1. The van der Waals surface area contributed by atoms with Crippen LogP contribution in [0.5, 0.6) is 0 Å². The number of fused-ring (bicyclic) bond motifs is 1. The van der Waals surface area contributed by atoms with Crippen LogP contribution < -0.4 is 5.73 Å². The van der Waals surface area contributed by atoms with Crippen LogP contribution in [0.3, 0.4) is 0 Å². The van der Waals surface area contributed by atoms with Crippen molar-refractivity contribution in [1.29, 1.82) is 0 Å². The summed E-state index contributed by atoms with van der Waals surface area (Å²) in [5.41, 5.74) is 8.45. The number of esters is 1. The molecule has 0 saturated heterocycles. The fraction of sp³-hybridized carbons (Fsp3) is 0.167. The van der Waals surface area contributed by atoms with Gasteiger partial charge in [0.2, 0.25) is 0 Å². The van der Waals surface area contributed by atoms with Gasteiger partial charge in [-0.1, -0.05) is 22.0 Å². The lowest BCUT2D eigenvalue weighted by Crippen LogP contribution is -2.07. The van der Waals surface area contributed by atoms with Crippen molar-refractivity contribution in [3.8, 4) is 0 Å². The summed E-state index contributed by atoms with van der Waals surface area (Å²) in [5.74, 6) is -0.481. The van der Waals surface area contributed by atoms with Crippen LogP contribution in [0.25, 0.3) is 10.9 Å². The van der Waals surface area contributed by atoms with Crippen LogP contribution in [0.15, 0.2) is 22.8 Å². The third-order valence-corrected chi connectivity index (χ3v) is 3.28. The minimum absolute atomic E-state index is 0.284. The number of halogens is 1. The van der Waals surface area contributed by atoms with Crippen molar-refractivity contribution in [2.24, 2.45) is 0 Å². The van der Waals surface area contributed by atoms with Gasteiger partial charge >= 0.3 is 5.97 Å². The van der Waals surface area contributed by atoms with Crippen LogP contribution in [0, 0.1) is 6.92 Å². The van der Waals surface area contributed by atoms with E-state index < -0.39 is 5.97 Å². The van der Waals surface area contributed by atoms with Crippen LogP contribution in [0.1, 0.15) is 15.9 Å². The fourth-order valence-corrected chi connectivity index (χ4v) is 2.23. The second-order valence-corrected chi connectivity index (χ2v) is 4.52. The van der Waals surface area contributed by atoms with Gasteiger partial charge in [0.25, 0.3) is 0 Å². The van der Waals surface area contributed by atoms with Gasteiger partial charge in [-0.25, -0.2) is 4.79 Å².